The molecule has 120 valence electrons. The largest absolute Gasteiger partial charge is 0.478 e. The first-order chi connectivity index (χ1) is 10.2. The fourth-order valence-electron chi connectivity index (χ4n) is 3.53. The highest BCUT2D eigenvalue weighted by Gasteiger charge is 2.59. The molecule has 22 heavy (non-hydrogen) atoms. The van der Waals surface area contributed by atoms with Gasteiger partial charge >= 0.3 is 5.97 Å². The number of aliphatic hydroxyl groups is 3. The summed E-state index contributed by atoms with van der Waals surface area (Å²) in [5.41, 5.74) is -0.962. The van der Waals surface area contributed by atoms with E-state index in [0.717, 1.165) is 6.26 Å². The lowest BCUT2D eigenvalue weighted by Crippen LogP contribution is -2.48. The molecule has 1 spiro atoms. The molecule has 6 atom stereocenters. The number of fused-ring (bicyclic) bond motifs is 2. The molecule has 0 aromatic carbocycles. The van der Waals surface area contributed by atoms with Crippen molar-refractivity contribution in [1.82, 2.24) is 0 Å². The molecule has 0 fully saturated rings. The van der Waals surface area contributed by atoms with E-state index in [-0.39, 0.29) is 11.1 Å². The smallest absolute Gasteiger partial charge is 0.335 e. The van der Waals surface area contributed by atoms with Crippen LogP contribution in [0.4, 0.5) is 0 Å². The fraction of sp³-hybridized carbons (Fsp3) is 0.533. The molecule has 0 amide bonds. The summed E-state index contributed by atoms with van der Waals surface area (Å²) >= 11 is 0. The van der Waals surface area contributed by atoms with Gasteiger partial charge in [0.2, 0.25) is 6.29 Å². The predicted molar refractivity (Wildman–Crippen MR) is 73.1 cm³/mol. The van der Waals surface area contributed by atoms with Crippen molar-refractivity contribution in [2.45, 2.75) is 37.6 Å². The van der Waals surface area contributed by atoms with Crippen molar-refractivity contribution in [3.8, 4) is 0 Å². The van der Waals surface area contributed by atoms with Crippen LogP contribution in [0.3, 0.4) is 0 Å². The van der Waals surface area contributed by atoms with Gasteiger partial charge in [-0.05, 0) is 19.9 Å². The van der Waals surface area contributed by atoms with Gasteiger partial charge in [0.25, 0.3) is 0 Å². The van der Waals surface area contributed by atoms with Crippen LogP contribution in [0.2, 0.25) is 0 Å². The molecule has 4 N–H and O–H groups in total. The number of allylic oxidation sites excluding steroid dienone is 1. The number of carboxylic acid groups (broad SMARTS) is 1. The van der Waals surface area contributed by atoms with E-state index in [1.807, 2.05) is 0 Å². The number of aliphatic carboxylic acids is 1. The molecule has 2 heterocycles. The van der Waals surface area contributed by atoms with Crippen LogP contribution < -0.4 is 0 Å². The molecule has 0 bridgehead atoms. The van der Waals surface area contributed by atoms with E-state index in [9.17, 15) is 25.2 Å². The molecule has 7 heteroatoms. The second-order valence-corrected chi connectivity index (χ2v) is 6.03. The zero-order valence-corrected chi connectivity index (χ0v) is 12.1. The van der Waals surface area contributed by atoms with E-state index >= 15 is 0 Å². The molecular formula is C15H18O7. The van der Waals surface area contributed by atoms with Gasteiger partial charge in [-0.15, -0.1) is 0 Å². The normalized spacial score (nSPS) is 44.3. The first kappa shape index (κ1) is 15.2. The monoisotopic (exact) mass is 310 g/mol. The van der Waals surface area contributed by atoms with Crippen LogP contribution in [0.5, 0.6) is 0 Å². The second-order valence-electron chi connectivity index (χ2n) is 6.03. The Morgan fingerprint density at radius 1 is 1.45 bits per heavy atom. The Hall–Kier alpha value is -1.67. The highest BCUT2D eigenvalue weighted by atomic mass is 16.7. The summed E-state index contributed by atoms with van der Waals surface area (Å²) < 4.78 is 10.7. The topological polar surface area (TPSA) is 116 Å². The van der Waals surface area contributed by atoms with E-state index < -0.39 is 41.6 Å². The molecule has 1 aliphatic carbocycles. The molecule has 0 saturated carbocycles. The van der Waals surface area contributed by atoms with Gasteiger partial charge in [-0.2, -0.15) is 0 Å². The Morgan fingerprint density at radius 3 is 2.68 bits per heavy atom. The molecule has 0 aromatic rings. The lowest BCUT2D eigenvalue weighted by Gasteiger charge is -2.39. The maximum atomic E-state index is 11.3. The van der Waals surface area contributed by atoms with Crippen molar-refractivity contribution < 1.29 is 34.7 Å². The summed E-state index contributed by atoms with van der Waals surface area (Å²) in [5, 5.41) is 39.5. The van der Waals surface area contributed by atoms with E-state index in [4.69, 9.17) is 9.47 Å². The van der Waals surface area contributed by atoms with E-state index in [2.05, 4.69) is 0 Å². The van der Waals surface area contributed by atoms with Crippen LogP contribution in [0, 0.1) is 11.8 Å². The van der Waals surface area contributed by atoms with Crippen molar-refractivity contribution in [2.75, 3.05) is 0 Å². The zero-order chi connectivity index (χ0) is 16.3. The first-order valence-electron chi connectivity index (χ1n) is 6.98. The molecular weight excluding hydrogens is 292 g/mol. The summed E-state index contributed by atoms with van der Waals surface area (Å²) in [4.78, 5) is 11.3. The Morgan fingerprint density at radius 2 is 2.14 bits per heavy atom. The highest BCUT2D eigenvalue weighted by Crippen LogP contribution is 2.52. The number of hydrogen-bond donors (Lipinski definition) is 4. The number of ether oxygens (including phenoxy) is 2. The minimum Gasteiger partial charge on any atom is -0.478 e. The molecule has 0 radical (unpaired) electrons. The minimum absolute atomic E-state index is 0.00515. The first-order valence-corrected chi connectivity index (χ1v) is 6.98. The third-order valence-corrected chi connectivity index (χ3v) is 4.46. The van der Waals surface area contributed by atoms with Crippen molar-refractivity contribution in [3.63, 3.8) is 0 Å². The second kappa shape index (κ2) is 4.66. The van der Waals surface area contributed by atoms with Crippen LogP contribution in [0.1, 0.15) is 13.8 Å². The lowest BCUT2D eigenvalue weighted by atomic mass is 9.79. The van der Waals surface area contributed by atoms with E-state index in [0.29, 0.717) is 0 Å². The van der Waals surface area contributed by atoms with Gasteiger partial charge in [0.1, 0.15) is 5.60 Å². The molecule has 3 unspecified atom stereocenters. The predicted octanol–water partition coefficient (Wildman–Crippen LogP) is -0.110. The van der Waals surface area contributed by atoms with Gasteiger partial charge in [-0.1, -0.05) is 12.2 Å². The summed E-state index contributed by atoms with van der Waals surface area (Å²) in [6, 6.07) is 0. The third kappa shape index (κ3) is 2.01. The van der Waals surface area contributed by atoms with Crippen LogP contribution >= 0.6 is 0 Å². The number of carbonyl (C=O) groups is 1. The standard InChI is InChI=1S/C15H18O7/c1-7(16)10-5-15(22-14(10,2)20)4-3-8-9(12(17)18)6-21-13(19)11(8)15/h3-8,11,13,16,19-20H,1-2H3,(H,17,18)/t7?,8-,11-,13-,14?,15?/m1/s1. The van der Waals surface area contributed by atoms with Crippen LogP contribution in [-0.4, -0.2) is 50.2 Å². The average molecular weight is 310 g/mol. The van der Waals surface area contributed by atoms with Crippen molar-refractivity contribution in [3.05, 3.63) is 35.6 Å². The van der Waals surface area contributed by atoms with Gasteiger partial charge in [-0.25, -0.2) is 4.79 Å². The number of carboxylic acids is 1. The Balaban J connectivity index is 2.04. The summed E-state index contributed by atoms with van der Waals surface area (Å²) in [6.07, 6.45) is 3.55. The molecule has 0 saturated heterocycles. The van der Waals surface area contributed by atoms with Crippen LogP contribution in [-0.2, 0) is 14.3 Å². The van der Waals surface area contributed by atoms with Crippen LogP contribution in [0.15, 0.2) is 35.6 Å². The highest BCUT2D eigenvalue weighted by molar-refractivity contribution is 5.88. The summed E-state index contributed by atoms with van der Waals surface area (Å²) in [6.45, 7) is 2.89. The van der Waals surface area contributed by atoms with Gasteiger partial charge in [0.15, 0.2) is 5.79 Å². The Kier molecular flexibility index (Phi) is 3.23. The SMILES string of the molecule is CC(O)C1=CC2(C=C[C@@H]3C(C(=O)O)=CO[C@@H](O)[C@@H]32)OC1(C)O. The number of hydrogen-bond acceptors (Lipinski definition) is 6. The Labute approximate surface area is 126 Å². The average Bonchev–Trinajstić information content (AvgIpc) is 2.88. The van der Waals surface area contributed by atoms with E-state index in [1.165, 1.54) is 19.9 Å². The molecule has 2 aliphatic heterocycles. The van der Waals surface area contributed by atoms with E-state index in [1.54, 1.807) is 12.2 Å². The molecule has 3 rings (SSSR count). The summed E-state index contributed by atoms with van der Waals surface area (Å²) in [5.74, 6) is -4.22. The van der Waals surface area contributed by atoms with Gasteiger partial charge < -0.3 is 29.9 Å². The zero-order valence-electron chi connectivity index (χ0n) is 12.1. The molecule has 3 aliphatic rings. The van der Waals surface area contributed by atoms with Crippen molar-refractivity contribution in [2.24, 2.45) is 11.8 Å². The molecule has 0 aromatic heterocycles. The maximum Gasteiger partial charge on any atom is 0.335 e. The Bertz CT molecular complexity index is 601. The molecule has 7 nitrogen and oxygen atoms in total. The van der Waals surface area contributed by atoms with Gasteiger partial charge in [-0.3, -0.25) is 0 Å². The van der Waals surface area contributed by atoms with Crippen molar-refractivity contribution in [1.29, 1.82) is 0 Å². The maximum absolute atomic E-state index is 11.3. The van der Waals surface area contributed by atoms with Gasteiger partial charge in [0.05, 0.1) is 23.9 Å². The quantitative estimate of drug-likeness (QED) is 0.526. The fourth-order valence-corrected chi connectivity index (χ4v) is 3.53. The number of rotatable bonds is 2. The van der Waals surface area contributed by atoms with Crippen molar-refractivity contribution >= 4 is 5.97 Å². The van der Waals surface area contributed by atoms with Gasteiger partial charge in [0, 0.05) is 11.5 Å². The third-order valence-electron chi connectivity index (χ3n) is 4.46. The number of aliphatic hydroxyl groups excluding tert-OH is 2. The summed E-state index contributed by atoms with van der Waals surface area (Å²) in [7, 11) is 0. The minimum atomic E-state index is -1.71. The van der Waals surface area contributed by atoms with Crippen LogP contribution in [0.25, 0.3) is 0 Å². The lowest BCUT2D eigenvalue weighted by molar-refractivity contribution is -0.233.